The first-order chi connectivity index (χ1) is 3.06. The zero-order valence-corrected chi connectivity index (χ0v) is 9.03. The van der Waals surface area contributed by atoms with Gasteiger partial charge in [-0.15, -0.1) is 0 Å². The van der Waals surface area contributed by atoms with Gasteiger partial charge in [-0.05, 0) is 6.42 Å². The van der Waals surface area contributed by atoms with Gasteiger partial charge in [-0.1, -0.05) is 6.92 Å². The fourth-order valence-corrected chi connectivity index (χ4v) is 0.774. The van der Waals surface area contributed by atoms with Crippen LogP contribution in [0.5, 0.6) is 0 Å². The molecule has 0 aromatic rings. The molecule has 3 nitrogen and oxygen atoms in total. The van der Waals surface area contributed by atoms with Gasteiger partial charge in [-0.3, -0.25) is 4.55 Å². The van der Waals surface area contributed by atoms with Gasteiger partial charge in [0.1, 0.15) is 0 Å². The van der Waals surface area contributed by atoms with Gasteiger partial charge in [-0.2, -0.15) is 8.42 Å². The summed E-state index contributed by atoms with van der Waals surface area (Å²) in [6.45, 7) is 1.69. The van der Waals surface area contributed by atoms with Crippen LogP contribution in [0.2, 0.25) is 0 Å². The molecule has 0 spiro atoms. The second-order valence-corrected chi connectivity index (χ2v) is 2.86. The van der Waals surface area contributed by atoms with Gasteiger partial charge in [0.15, 0.2) is 0 Å². The van der Waals surface area contributed by atoms with Gasteiger partial charge in [0, 0.05) is 51.4 Å². The van der Waals surface area contributed by atoms with Crippen LogP contribution in [0.4, 0.5) is 0 Å². The van der Waals surface area contributed by atoms with Crippen molar-refractivity contribution in [2.75, 3.05) is 5.75 Å². The summed E-state index contributed by atoms with van der Waals surface area (Å²) in [6, 6.07) is 0. The molecule has 0 aromatic carbocycles. The minimum absolute atomic E-state index is 0. The summed E-state index contributed by atoms with van der Waals surface area (Å²) < 4.78 is 27.6. The molecule has 0 unspecified atom stereocenters. The van der Waals surface area contributed by atoms with E-state index in [1.165, 1.54) is 0 Å². The summed E-state index contributed by atoms with van der Waals surface area (Å²) in [5, 5.41) is 0. The van der Waals surface area contributed by atoms with Crippen molar-refractivity contribution in [1.82, 2.24) is 0 Å². The van der Waals surface area contributed by atoms with Crippen molar-refractivity contribution in [2.45, 2.75) is 13.3 Å². The Morgan fingerprint density at radius 1 is 1.50 bits per heavy atom. The maximum absolute atomic E-state index is 9.79. The minimum atomic E-state index is -3.67. The van der Waals surface area contributed by atoms with Crippen LogP contribution in [0, 0.1) is 0 Å². The molecular weight excluding hydrogens is 155 g/mol. The Morgan fingerprint density at radius 2 is 1.88 bits per heavy atom. The first kappa shape index (κ1) is 12.2. The molecule has 0 amide bonds. The normalized spacial score (nSPS) is 10.2. The van der Waals surface area contributed by atoms with Crippen LogP contribution in [0.15, 0.2) is 0 Å². The van der Waals surface area contributed by atoms with Crippen LogP contribution in [-0.2, 0) is 10.1 Å². The Bertz CT molecular complexity index is 127. The molecule has 0 aliphatic heterocycles. The van der Waals surface area contributed by atoms with E-state index in [9.17, 15) is 8.42 Å². The van der Waals surface area contributed by atoms with Gasteiger partial charge in [0.05, 0.1) is 5.75 Å². The summed E-state index contributed by atoms with van der Waals surface area (Å²) in [7, 11) is -3.67. The van der Waals surface area contributed by atoms with Crippen LogP contribution in [0.3, 0.4) is 0 Å². The second kappa shape index (κ2) is 5.34. The van der Waals surface area contributed by atoms with E-state index in [4.69, 9.17) is 4.55 Å². The molecule has 0 atom stereocenters. The molecule has 5 heteroatoms. The zero-order chi connectivity index (χ0) is 5.91. The molecule has 0 bridgehead atoms. The van der Waals surface area contributed by atoms with Gasteiger partial charge >= 0.3 is 0 Å². The van der Waals surface area contributed by atoms with E-state index in [1.807, 2.05) is 0 Å². The predicted octanol–water partition coefficient (Wildman–Crippen LogP) is -0.0966. The first-order valence-corrected chi connectivity index (χ1v) is 3.62. The van der Waals surface area contributed by atoms with Crippen molar-refractivity contribution >= 4 is 61.5 Å². The second-order valence-electron chi connectivity index (χ2n) is 1.29. The van der Waals surface area contributed by atoms with E-state index in [-0.39, 0.29) is 57.1 Å². The van der Waals surface area contributed by atoms with E-state index >= 15 is 0 Å². The number of hydrogen-bond acceptors (Lipinski definition) is 2. The summed E-state index contributed by atoms with van der Waals surface area (Å²) in [5.41, 5.74) is 0. The number of hydrogen-bond donors (Lipinski definition) is 1. The molecule has 0 saturated heterocycles. The van der Waals surface area contributed by atoms with E-state index in [1.54, 1.807) is 6.92 Å². The Hall–Kier alpha value is 1.55. The Morgan fingerprint density at radius 3 is 1.88 bits per heavy atom. The maximum atomic E-state index is 9.79. The summed E-state index contributed by atoms with van der Waals surface area (Å²) in [5.74, 6) is -0.132. The fourth-order valence-electron chi connectivity index (χ4n) is 0.258. The van der Waals surface area contributed by atoms with Crippen LogP contribution < -0.4 is 0 Å². The zero-order valence-electron chi connectivity index (χ0n) is 5.09. The number of rotatable bonds is 2. The largest absolute Gasteiger partial charge is 0.286 e. The quantitative estimate of drug-likeness (QED) is 0.457. The average Bonchev–Trinajstić information content (AvgIpc) is 1.30. The van der Waals surface area contributed by atoms with Crippen LogP contribution in [-0.4, -0.2) is 70.1 Å². The SMILES string of the molecule is CCCS(=O)(=O)O.[K]. The Labute approximate surface area is 92.0 Å². The van der Waals surface area contributed by atoms with E-state index < -0.39 is 10.1 Å². The Balaban J connectivity index is 0. The van der Waals surface area contributed by atoms with Gasteiger partial charge in [-0.25, -0.2) is 0 Å². The third-order valence-electron chi connectivity index (χ3n) is 0.462. The molecule has 0 aliphatic carbocycles. The molecule has 0 rings (SSSR count). The van der Waals surface area contributed by atoms with Gasteiger partial charge in [0.25, 0.3) is 10.1 Å². The van der Waals surface area contributed by atoms with Crippen LogP contribution >= 0.6 is 0 Å². The van der Waals surface area contributed by atoms with E-state index in [2.05, 4.69) is 0 Å². The smallest absolute Gasteiger partial charge is 0.264 e. The maximum Gasteiger partial charge on any atom is 0.264 e. The average molecular weight is 163 g/mol. The molecule has 0 fully saturated rings. The molecule has 1 N–H and O–H groups in total. The molecule has 1 radical (unpaired) electrons. The molecule has 45 valence electrons. The third kappa shape index (κ3) is 10.5. The van der Waals surface area contributed by atoms with Gasteiger partial charge < -0.3 is 0 Å². The van der Waals surface area contributed by atoms with Crippen molar-refractivity contribution in [3.05, 3.63) is 0 Å². The van der Waals surface area contributed by atoms with Crippen molar-refractivity contribution in [3.8, 4) is 0 Å². The van der Waals surface area contributed by atoms with Crippen LogP contribution in [0.25, 0.3) is 0 Å². The summed E-state index contributed by atoms with van der Waals surface area (Å²) in [6.07, 6.45) is 0.471. The van der Waals surface area contributed by atoms with Crippen molar-refractivity contribution in [1.29, 1.82) is 0 Å². The van der Waals surface area contributed by atoms with Crippen molar-refractivity contribution in [2.24, 2.45) is 0 Å². The minimum Gasteiger partial charge on any atom is -0.286 e. The van der Waals surface area contributed by atoms with Crippen molar-refractivity contribution < 1.29 is 13.0 Å². The molecular formula is C3H8KO3S. The van der Waals surface area contributed by atoms with Crippen LogP contribution in [0.1, 0.15) is 13.3 Å². The molecule has 0 aliphatic rings. The monoisotopic (exact) mass is 163 g/mol. The molecule has 0 aromatic heterocycles. The Kier molecular flexibility index (Phi) is 8.17. The summed E-state index contributed by atoms with van der Waals surface area (Å²) >= 11 is 0. The molecule has 8 heavy (non-hydrogen) atoms. The molecule has 0 heterocycles. The van der Waals surface area contributed by atoms with E-state index in [0.717, 1.165) is 0 Å². The first-order valence-electron chi connectivity index (χ1n) is 2.01. The van der Waals surface area contributed by atoms with Crippen molar-refractivity contribution in [3.63, 3.8) is 0 Å². The van der Waals surface area contributed by atoms with Gasteiger partial charge in [0.2, 0.25) is 0 Å². The molecule has 0 saturated carbocycles. The standard InChI is InChI=1S/C3H8O3S.K/c1-2-3-7(4,5)6;/h2-3H2,1H3,(H,4,5,6);. The summed E-state index contributed by atoms with van der Waals surface area (Å²) in [4.78, 5) is 0. The fraction of sp³-hybridized carbons (Fsp3) is 1.00. The van der Waals surface area contributed by atoms with E-state index in [0.29, 0.717) is 6.42 Å². The third-order valence-corrected chi connectivity index (χ3v) is 1.39. The topological polar surface area (TPSA) is 54.4 Å². The predicted molar refractivity (Wildman–Crippen MR) is 32.5 cm³/mol.